The largest absolute Gasteiger partial charge is 0.481 e. The number of hydrogen-bond acceptors (Lipinski definition) is 2. The molecule has 0 saturated heterocycles. The van der Waals surface area contributed by atoms with Crippen LogP contribution < -0.4 is 0 Å². The summed E-state index contributed by atoms with van der Waals surface area (Å²) in [5, 5.41) is 20.5. The zero-order valence-corrected chi connectivity index (χ0v) is 18.1. The maximum atomic E-state index is 12.9. The van der Waals surface area contributed by atoms with E-state index in [1.165, 1.54) is 0 Å². The fraction of sp³-hybridized carbons (Fsp3) is 0.259. The summed E-state index contributed by atoms with van der Waals surface area (Å²) in [5.74, 6) is -1.80. The van der Waals surface area contributed by atoms with Crippen LogP contribution >= 0.6 is 0 Å². The van der Waals surface area contributed by atoms with Crippen molar-refractivity contribution in [3.8, 4) is 22.4 Å². The van der Waals surface area contributed by atoms with Crippen LogP contribution in [-0.2, 0) is 28.0 Å². The molecule has 162 valence electrons. The van der Waals surface area contributed by atoms with Crippen molar-refractivity contribution in [3.05, 3.63) is 77.5 Å². The van der Waals surface area contributed by atoms with Crippen LogP contribution in [0.3, 0.4) is 0 Å². The van der Waals surface area contributed by atoms with E-state index in [0.29, 0.717) is 12.8 Å². The van der Waals surface area contributed by atoms with Crippen LogP contribution in [0.4, 0.5) is 0 Å². The summed E-state index contributed by atoms with van der Waals surface area (Å²) in [6.45, 7) is 3.59. The highest BCUT2D eigenvalue weighted by Crippen LogP contribution is 2.52. The minimum absolute atomic E-state index is 0.241. The Bertz CT molecular complexity index is 1290. The van der Waals surface area contributed by atoms with Crippen LogP contribution in [0.5, 0.6) is 0 Å². The molecule has 5 nitrogen and oxygen atoms in total. The van der Waals surface area contributed by atoms with Crippen molar-refractivity contribution in [2.75, 3.05) is 0 Å². The Labute approximate surface area is 186 Å². The minimum atomic E-state index is -1.18. The number of carbonyl (C=O) groups is 2. The number of nitrogens with zero attached hydrogens (tertiary/aromatic N) is 1. The third kappa shape index (κ3) is 2.63. The lowest BCUT2D eigenvalue weighted by molar-refractivity contribution is -0.148. The van der Waals surface area contributed by atoms with E-state index in [1.807, 2.05) is 72.2 Å². The number of rotatable bonds is 4. The van der Waals surface area contributed by atoms with Crippen molar-refractivity contribution >= 4 is 18.0 Å². The Morgan fingerprint density at radius 3 is 2.31 bits per heavy atom. The van der Waals surface area contributed by atoms with Gasteiger partial charge in [-0.3, -0.25) is 4.79 Å². The maximum absolute atomic E-state index is 12.9. The van der Waals surface area contributed by atoms with Gasteiger partial charge in [-0.15, -0.1) is 0 Å². The monoisotopic (exact) mass is 427 g/mol. The molecule has 2 aromatic carbocycles. The molecule has 3 aromatic rings. The molecule has 1 aliphatic heterocycles. The first kappa shape index (κ1) is 20.3. The molecule has 32 heavy (non-hydrogen) atoms. The average molecular weight is 428 g/mol. The second kappa shape index (κ2) is 6.95. The molecule has 2 heterocycles. The zero-order valence-electron chi connectivity index (χ0n) is 18.1. The molecule has 0 saturated carbocycles. The lowest BCUT2D eigenvalue weighted by atomic mass is 9.78. The zero-order chi connectivity index (χ0) is 22.7. The van der Waals surface area contributed by atoms with Gasteiger partial charge in [-0.2, -0.15) is 0 Å². The summed E-state index contributed by atoms with van der Waals surface area (Å²) in [5.41, 5.74) is 4.27. The molecule has 1 aromatic heterocycles. The van der Waals surface area contributed by atoms with E-state index in [1.54, 1.807) is 13.0 Å². The van der Waals surface area contributed by atoms with Gasteiger partial charge in [0.25, 0.3) is 0 Å². The standard InChI is InChI=1S/C27H25NO4/c1-3-27(25(31)32)15-18-11-7-8-12-19(18)23-22(17-9-5-4-6-10-17)20-13-14-26(2,24(29)30)16-21(20)28(23)27/h4-14H,3,15-16H2,1-2H3,(H,29,30)(H,31,32). The SMILES string of the molecule is CCC1(C(=O)O)Cc2ccccc2-c2c(-c3ccccc3)c3c(n21)CC(C)(C(=O)O)C=C3. The van der Waals surface area contributed by atoms with Crippen molar-refractivity contribution in [1.29, 1.82) is 0 Å². The van der Waals surface area contributed by atoms with Crippen LogP contribution in [-0.4, -0.2) is 26.7 Å². The third-order valence-corrected chi connectivity index (χ3v) is 7.18. The van der Waals surface area contributed by atoms with E-state index >= 15 is 0 Å². The van der Waals surface area contributed by atoms with Crippen molar-refractivity contribution in [2.24, 2.45) is 5.41 Å². The number of carboxylic acids is 2. The first-order chi connectivity index (χ1) is 15.3. The Morgan fingerprint density at radius 1 is 0.969 bits per heavy atom. The number of fused-ring (bicyclic) bond motifs is 5. The Balaban J connectivity index is 1.95. The van der Waals surface area contributed by atoms with Gasteiger partial charge in [-0.1, -0.05) is 73.7 Å². The summed E-state index contributed by atoms with van der Waals surface area (Å²) in [6, 6.07) is 17.9. The average Bonchev–Trinajstić information content (AvgIpc) is 3.13. The summed E-state index contributed by atoms with van der Waals surface area (Å²) >= 11 is 0. The van der Waals surface area contributed by atoms with Gasteiger partial charge < -0.3 is 14.8 Å². The van der Waals surface area contributed by atoms with E-state index in [-0.39, 0.29) is 6.42 Å². The molecule has 0 amide bonds. The fourth-order valence-corrected chi connectivity index (χ4v) is 5.34. The number of benzene rings is 2. The Morgan fingerprint density at radius 2 is 1.66 bits per heavy atom. The first-order valence-electron chi connectivity index (χ1n) is 10.9. The highest BCUT2D eigenvalue weighted by Gasteiger charge is 2.49. The fourth-order valence-electron chi connectivity index (χ4n) is 5.34. The molecule has 1 aliphatic carbocycles. The van der Waals surface area contributed by atoms with E-state index in [4.69, 9.17) is 0 Å². The van der Waals surface area contributed by atoms with Gasteiger partial charge in [0.2, 0.25) is 0 Å². The van der Waals surface area contributed by atoms with Crippen molar-refractivity contribution in [2.45, 2.75) is 38.6 Å². The maximum Gasteiger partial charge on any atom is 0.330 e. The summed E-state index contributed by atoms with van der Waals surface area (Å²) in [4.78, 5) is 25.0. The van der Waals surface area contributed by atoms with Crippen LogP contribution in [0.2, 0.25) is 0 Å². The summed E-state index contributed by atoms with van der Waals surface area (Å²) in [6.07, 6.45) is 4.63. The Kier molecular flexibility index (Phi) is 4.41. The van der Waals surface area contributed by atoms with Crippen molar-refractivity contribution in [1.82, 2.24) is 4.57 Å². The first-order valence-corrected chi connectivity index (χ1v) is 10.9. The van der Waals surface area contributed by atoms with Gasteiger partial charge >= 0.3 is 11.9 Å². The number of aliphatic carboxylic acids is 2. The van der Waals surface area contributed by atoms with Crippen molar-refractivity contribution in [3.63, 3.8) is 0 Å². The second-order valence-electron chi connectivity index (χ2n) is 9.04. The van der Waals surface area contributed by atoms with E-state index in [2.05, 4.69) is 0 Å². The number of carboxylic acid groups (broad SMARTS) is 2. The normalized spacial score (nSPS) is 23.2. The Hall–Kier alpha value is -3.60. The highest BCUT2D eigenvalue weighted by molar-refractivity contribution is 5.96. The van der Waals surface area contributed by atoms with Crippen LogP contribution in [0, 0.1) is 5.41 Å². The molecule has 0 spiro atoms. The van der Waals surface area contributed by atoms with Gasteiger partial charge in [-0.25, -0.2) is 4.79 Å². The molecular weight excluding hydrogens is 402 g/mol. The van der Waals surface area contributed by atoms with E-state index < -0.39 is 22.9 Å². The van der Waals surface area contributed by atoms with Gasteiger partial charge in [-0.05, 0) is 24.5 Å². The molecule has 0 bridgehead atoms. The van der Waals surface area contributed by atoms with Crippen molar-refractivity contribution < 1.29 is 19.8 Å². The smallest absolute Gasteiger partial charge is 0.330 e. The quantitative estimate of drug-likeness (QED) is 0.598. The minimum Gasteiger partial charge on any atom is -0.481 e. The number of hydrogen-bond donors (Lipinski definition) is 2. The predicted octanol–water partition coefficient (Wildman–Crippen LogP) is 5.23. The van der Waals surface area contributed by atoms with Crippen LogP contribution in [0.25, 0.3) is 28.5 Å². The topological polar surface area (TPSA) is 79.5 Å². The van der Waals surface area contributed by atoms with Gasteiger partial charge in [0.1, 0.15) is 5.54 Å². The number of aromatic nitrogens is 1. The van der Waals surface area contributed by atoms with Gasteiger partial charge in [0.15, 0.2) is 0 Å². The molecule has 5 heteroatoms. The van der Waals surface area contributed by atoms with Gasteiger partial charge in [0, 0.05) is 35.2 Å². The summed E-state index contributed by atoms with van der Waals surface area (Å²) in [7, 11) is 0. The third-order valence-electron chi connectivity index (χ3n) is 7.18. The molecule has 2 unspecified atom stereocenters. The van der Waals surface area contributed by atoms with Crippen LogP contribution in [0.15, 0.2) is 60.7 Å². The second-order valence-corrected chi connectivity index (χ2v) is 9.04. The van der Waals surface area contributed by atoms with Gasteiger partial charge in [0.05, 0.1) is 11.1 Å². The molecule has 2 atom stereocenters. The molecule has 2 N–H and O–H groups in total. The molecular formula is C27H25NO4. The molecule has 2 aliphatic rings. The molecule has 5 rings (SSSR count). The molecule has 0 fully saturated rings. The predicted molar refractivity (Wildman–Crippen MR) is 123 cm³/mol. The highest BCUT2D eigenvalue weighted by atomic mass is 16.4. The van der Waals surface area contributed by atoms with E-state index in [9.17, 15) is 19.8 Å². The van der Waals surface area contributed by atoms with Crippen LogP contribution in [0.1, 0.15) is 37.1 Å². The molecule has 0 radical (unpaired) electrons. The summed E-state index contributed by atoms with van der Waals surface area (Å²) < 4.78 is 1.96. The lowest BCUT2D eigenvalue weighted by Gasteiger charge is -2.39. The lowest BCUT2D eigenvalue weighted by Crippen LogP contribution is -2.47. The van der Waals surface area contributed by atoms with E-state index in [0.717, 1.165) is 39.2 Å².